The molecule has 0 saturated carbocycles. The molecular weight excluding hydrogens is 1150 g/mol. The molecule has 0 fully saturated rings. The van der Waals surface area contributed by atoms with Crippen LogP contribution in [0.2, 0.25) is 0 Å². The van der Waals surface area contributed by atoms with Crippen molar-refractivity contribution in [2.24, 2.45) is 11.8 Å². The van der Waals surface area contributed by atoms with Gasteiger partial charge in [0.05, 0.1) is 26.4 Å². The summed E-state index contributed by atoms with van der Waals surface area (Å²) in [5, 5.41) is 10.6. The molecular formula is C68H132O17P2. The minimum Gasteiger partial charge on any atom is -0.462 e. The van der Waals surface area contributed by atoms with Crippen LogP contribution in [0.15, 0.2) is 0 Å². The van der Waals surface area contributed by atoms with E-state index in [4.69, 9.17) is 37.0 Å². The van der Waals surface area contributed by atoms with Crippen LogP contribution in [0.4, 0.5) is 0 Å². The summed E-state index contributed by atoms with van der Waals surface area (Å²) in [5.41, 5.74) is 0. The maximum Gasteiger partial charge on any atom is 0.472 e. The fourth-order valence-corrected chi connectivity index (χ4v) is 11.8. The largest absolute Gasteiger partial charge is 0.472 e. The zero-order chi connectivity index (χ0) is 64.3. The maximum absolute atomic E-state index is 13.0. The van der Waals surface area contributed by atoms with Crippen LogP contribution >= 0.6 is 15.6 Å². The Morgan fingerprint density at radius 3 is 0.782 bits per heavy atom. The second-order valence-electron chi connectivity index (χ2n) is 25.5. The van der Waals surface area contributed by atoms with Crippen molar-refractivity contribution < 1.29 is 80.2 Å². The fraction of sp³-hybridized carbons (Fsp3) is 0.941. The molecule has 0 amide bonds. The average Bonchev–Trinajstić information content (AvgIpc) is 3.70. The van der Waals surface area contributed by atoms with E-state index >= 15 is 0 Å². The number of esters is 4. The molecule has 87 heavy (non-hydrogen) atoms. The van der Waals surface area contributed by atoms with E-state index in [9.17, 15) is 43.2 Å². The minimum absolute atomic E-state index is 0.104. The van der Waals surface area contributed by atoms with E-state index in [1.165, 1.54) is 161 Å². The van der Waals surface area contributed by atoms with E-state index in [1.807, 2.05) is 0 Å². The number of hydrogen-bond donors (Lipinski definition) is 3. The van der Waals surface area contributed by atoms with Gasteiger partial charge in [-0.05, 0) is 37.5 Å². The van der Waals surface area contributed by atoms with E-state index in [0.29, 0.717) is 31.6 Å². The van der Waals surface area contributed by atoms with Crippen molar-refractivity contribution >= 4 is 39.5 Å². The van der Waals surface area contributed by atoms with Crippen molar-refractivity contribution in [3.63, 3.8) is 0 Å². The molecule has 19 heteroatoms. The highest BCUT2D eigenvalue weighted by Gasteiger charge is 2.30. The van der Waals surface area contributed by atoms with Crippen molar-refractivity contribution in [2.75, 3.05) is 39.6 Å². The van der Waals surface area contributed by atoms with E-state index in [-0.39, 0.29) is 25.7 Å². The number of ether oxygens (including phenoxy) is 4. The van der Waals surface area contributed by atoms with Gasteiger partial charge in [-0.3, -0.25) is 37.3 Å². The van der Waals surface area contributed by atoms with Gasteiger partial charge in [-0.1, -0.05) is 292 Å². The molecule has 3 N–H and O–H groups in total. The van der Waals surface area contributed by atoms with Crippen molar-refractivity contribution in [3.8, 4) is 0 Å². The zero-order valence-corrected chi connectivity index (χ0v) is 58.1. The van der Waals surface area contributed by atoms with Gasteiger partial charge in [0, 0.05) is 25.7 Å². The predicted octanol–water partition coefficient (Wildman–Crippen LogP) is 19.2. The summed E-state index contributed by atoms with van der Waals surface area (Å²) in [6.07, 6.45) is 44.4. The summed E-state index contributed by atoms with van der Waals surface area (Å²) >= 11 is 0. The Balaban J connectivity index is 5.24. The van der Waals surface area contributed by atoms with E-state index in [1.54, 1.807) is 0 Å². The molecule has 0 aromatic heterocycles. The monoisotopic (exact) mass is 1280 g/mol. The molecule has 516 valence electrons. The number of phosphoric ester groups is 2. The third-order valence-electron chi connectivity index (χ3n) is 15.7. The van der Waals surface area contributed by atoms with Gasteiger partial charge in [0.25, 0.3) is 0 Å². The first kappa shape index (κ1) is 85.1. The van der Waals surface area contributed by atoms with Gasteiger partial charge in [-0.15, -0.1) is 0 Å². The normalized spacial score (nSPS) is 14.2. The summed E-state index contributed by atoms with van der Waals surface area (Å²) in [5.74, 6) is -0.673. The van der Waals surface area contributed by atoms with Gasteiger partial charge >= 0.3 is 39.5 Å². The Bertz CT molecular complexity index is 1700. The third-order valence-corrected chi connectivity index (χ3v) is 17.6. The lowest BCUT2D eigenvalue weighted by molar-refractivity contribution is -0.161. The highest BCUT2D eigenvalue weighted by atomic mass is 31.2. The quantitative estimate of drug-likeness (QED) is 0.0222. The van der Waals surface area contributed by atoms with Crippen LogP contribution < -0.4 is 0 Å². The highest BCUT2D eigenvalue weighted by molar-refractivity contribution is 7.47. The van der Waals surface area contributed by atoms with Gasteiger partial charge in [0.1, 0.15) is 19.3 Å². The summed E-state index contributed by atoms with van der Waals surface area (Å²) in [7, 11) is -9.89. The third kappa shape index (κ3) is 62.6. The van der Waals surface area contributed by atoms with Crippen LogP contribution in [-0.2, 0) is 65.4 Å². The second kappa shape index (κ2) is 60.3. The molecule has 0 heterocycles. The predicted molar refractivity (Wildman–Crippen MR) is 349 cm³/mol. The van der Waals surface area contributed by atoms with Crippen LogP contribution in [0.1, 0.15) is 343 Å². The lowest BCUT2D eigenvalue weighted by Crippen LogP contribution is -2.30. The maximum atomic E-state index is 13.0. The van der Waals surface area contributed by atoms with Crippen molar-refractivity contribution in [2.45, 2.75) is 362 Å². The Kier molecular flexibility index (Phi) is 59.0. The molecule has 0 aliphatic heterocycles. The number of phosphoric acid groups is 2. The smallest absolute Gasteiger partial charge is 0.462 e. The SMILES string of the molecule is CCCCCCCCCCCCCCCCC(=O)O[C@H](COC(=O)CCCCCCCCCCCCC(C)C)COP(=O)(O)OC[C@@H](O)COP(=O)(O)OC[C@@H](COC(=O)CCCCCCCCCCCC)OC(=O)CCCCCCCCCC(C)C. The first-order valence-corrected chi connectivity index (χ1v) is 38.5. The van der Waals surface area contributed by atoms with Gasteiger partial charge in [-0.25, -0.2) is 9.13 Å². The lowest BCUT2D eigenvalue weighted by Gasteiger charge is -2.21. The lowest BCUT2D eigenvalue weighted by atomic mass is 10.0. The number of carbonyl (C=O) groups excluding carboxylic acids is 4. The Hall–Kier alpha value is -1.94. The molecule has 5 atom stereocenters. The standard InChI is InChI=1S/C68H132O17P2/c1-7-9-11-13-15-17-19-20-21-22-28-34-40-46-52-67(72)84-63(56-79-66(71)51-45-39-33-27-24-23-25-30-36-42-48-60(3)4)58-82-86(74,75)80-54-62(69)55-81-87(76,77)83-59-64(85-68(73)53-47-41-35-29-31-37-43-49-61(5)6)57-78-65(70)50-44-38-32-26-18-16-14-12-10-8-2/h60-64,69H,7-59H2,1-6H3,(H,74,75)(H,76,77)/t62-,63-,64-/m1/s1. The number of hydrogen-bond acceptors (Lipinski definition) is 15. The van der Waals surface area contributed by atoms with Crippen molar-refractivity contribution in [1.82, 2.24) is 0 Å². The summed E-state index contributed by atoms with van der Waals surface area (Å²) in [4.78, 5) is 72.4. The number of aliphatic hydroxyl groups excluding tert-OH is 1. The molecule has 0 aliphatic carbocycles. The summed E-state index contributed by atoms with van der Waals surface area (Å²) in [6.45, 7) is 9.46. The van der Waals surface area contributed by atoms with Crippen LogP contribution in [0.25, 0.3) is 0 Å². The van der Waals surface area contributed by atoms with E-state index < -0.39 is 97.5 Å². The molecule has 17 nitrogen and oxygen atoms in total. The van der Waals surface area contributed by atoms with Crippen molar-refractivity contribution in [3.05, 3.63) is 0 Å². The van der Waals surface area contributed by atoms with Crippen LogP contribution in [-0.4, -0.2) is 96.7 Å². The average molecular weight is 1280 g/mol. The molecule has 0 rings (SSSR count). The molecule has 0 radical (unpaired) electrons. The van der Waals surface area contributed by atoms with Gasteiger partial charge < -0.3 is 33.8 Å². The number of unbranched alkanes of at least 4 members (excludes halogenated alkanes) is 37. The molecule has 0 spiro atoms. The van der Waals surface area contributed by atoms with E-state index in [0.717, 1.165) is 95.8 Å². The fourth-order valence-electron chi connectivity index (χ4n) is 10.2. The van der Waals surface area contributed by atoms with Crippen molar-refractivity contribution in [1.29, 1.82) is 0 Å². The number of carbonyl (C=O) groups is 4. The van der Waals surface area contributed by atoms with Crippen LogP contribution in [0.5, 0.6) is 0 Å². The molecule has 0 saturated heterocycles. The Morgan fingerprint density at radius 1 is 0.310 bits per heavy atom. The van der Waals surface area contributed by atoms with Crippen LogP contribution in [0, 0.1) is 11.8 Å². The van der Waals surface area contributed by atoms with Gasteiger partial charge in [0.2, 0.25) is 0 Å². The number of rotatable bonds is 67. The zero-order valence-electron chi connectivity index (χ0n) is 56.3. The second-order valence-corrected chi connectivity index (χ2v) is 28.4. The molecule has 0 bridgehead atoms. The Morgan fingerprint density at radius 2 is 0.529 bits per heavy atom. The molecule has 0 aliphatic rings. The van der Waals surface area contributed by atoms with E-state index in [2.05, 4.69) is 41.5 Å². The minimum atomic E-state index is -4.95. The Labute approximate surface area is 530 Å². The summed E-state index contributed by atoms with van der Waals surface area (Å²) in [6, 6.07) is 0. The highest BCUT2D eigenvalue weighted by Crippen LogP contribution is 2.45. The molecule has 0 aromatic carbocycles. The van der Waals surface area contributed by atoms with Gasteiger partial charge in [-0.2, -0.15) is 0 Å². The first-order chi connectivity index (χ1) is 41.9. The first-order valence-electron chi connectivity index (χ1n) is 35.5. The molecule has 0 aromatic rings. The van der Waals surface area contributed by atoms with Crippen LogP contribution in [0.3, 0.4) is 0 Å². The topological polar surface area (TPSA) is 237 Å². The molecule has 2 unspecified atom stereocenters. The summed E-state index contributed by atoms with van der Waals surface area (Å²) < 4.78 is 68.2. The number of aliphatic hydroxyl groups is 1. The van der Waals surface area contributed by atoms with Gasteiger partial charge in [0.15, 0.2) is 12.2 Å².